The van der Waals surface area contributed by atoms with E-state index in [1.807, 2.05) is 42.5 Å². The number of nitrogens with zero attached hydrogens (tertiary/aromatic N) is 1. The highest BCUT2D eigenvalue weighted by Gasteiger charge is 2.11. The van der Waals surface area contributed by atoms with Crippen molar-refractivity contribution in [3.8, 4) is 11.8 Å². The van der Waals surface area contributed by atoms with Crippen LogP contribution in [0.3, 0.4) is 0 Å². The van der Waals surface area contributed by atoms with Gasteiger partial charge in [-0.1, -0.05) is 47.6 Å². The predicted molar refractivity (Wildman–Crippen MR) is 77.9 cm³/mol. The summed E-state index contributed by atoms with van der Waals surface area (Å²) in [7, 11) is 1.62. The summed E-state index contributed by atoms with van der Waals surface area (Å²) in [6, 6.07) is 15.6. The molecule has 0 atom stereocenters. The molecule has 0 heterocycles. The summed E-state index contributed by atoms with van der Waals surface area (Å²) in [5.74, 6) is 0.744. The van der Waals surface area contributed by atoms with E-state index in [4.69, 9.17) is 21.6 Å². The maximum Gasteiger partial charge on any atom is 0.137 e. The largest absolute Gasteiger partial charge is 0.495 e. The highest BCUT2D eigenvalue weighted by Crippen LogP contribution is 2.39. The molecule has 0 amide bonds. The number of para-hydroxylation sites is 1. The van der Waals surface area contributed by atoms with Crippen molar-refractivity contribution in [2.45, 2.75) is 16.2 Å². The fraction of sp³-hybridized carbons (Fsp3) is 0.133. The highest BCUT2D eigenvalue weighted by molar-refractivity contribution is 7.99. The third kappa shape index (κ3) is 3.23. The summed E-state index contributed by atoms with van der Waals surface area (Å²) in [5, 5.41) is 9.54. The third-order valence-corrected chi connectivity index (χ3v) is 4.15. The molecule has 0 aromatic heterocycles. The van der Waals surface area contributed by atoms with Gasteiger partial charge in [-0.05, 0) is 18.2 Å². The van der Waals surface area contributed by atoms with E-state index in [1.165, 1.54) is 11.8 Å². The summed E-state index contributed by atoms with van der Waals surface area (Å²) < 4.78 is 5.43. The van der Waals surface area contributed by atoms with Gasteiger partial charge in [0.25, 0.3) is 0 Å². The van der Waals surface area contributed by atoms with Gasteiger partial charge in [-0.2, -0.15) is 5.26 Å². The van der Waals surface area contributed by atoms with Crippen molar-refractivity contribution >= 4 is 23.4 Å². The average molecular weight is 290 g/mol. The number of methoxy groups -OCH3 is 1. The Labute approximate surface area is 122 Å². The first-order valence-corrected chi connectivity index (χ1v) is 6.91. The summed E-state index contributed by atoms with van der Waals surface area (Å²) in [6.07, 6.45) is 0.333. The van der Waals surface area contributed by atoms with Crippen molar-refractivity contribution in [3.05, 3.63) is 53.1 Å². The zero-order chi connectivity index (χ0) is 13.7. The van der Waals surface area contributed by atoms with E-state index in [2.05, 4.69) is 6.07 Å². The van der Waals surface area contributed by atoms with Crippen LogP contribution in [0.15, 0.2) is 52.3 Å². The lowest BCUT2D eigenvalue weighted by atomic mass is 10.1. The van der Waals surface area contributed by atoms with Gasteiger partial charge in [-0.15, -0.1) is 0 Å². The summed E-state index contributed by atoms with van der Waals surface area (Å²) in [4.78, 5) is 1.93. The number of rotatable bonds is 4. The summed E-state index contributed by atoms with van der Waals surface area (Å²) in [6.45, 7) is 0. The van der Waals surface area contributed by atoms with E-state index in [1.54, 1.807) is 7.11 Å². The minimum absolute atomic E-state index is 0.333. The lowest BCUT2D eigenvalue weighted by molar-refractivity contribution is 0.400. The summed E-state index contributed by atoms with van der Waals surface area (Å²) >= 11 is 7.70. The number of hydrogen-bond donors (Lipinski definition) is 0. The number of ether oxygens (including phenoxy) is 1. The van der Waals surface area contributed by atoms with Crippen LogP contribution in [-0.2, 0) is 6.42 Å². The van der Waals surface area contributed by atoms with Crippen LogP contribution in [0.1, 0.15) is 5.56 Å². The van der Waals surface area contributed by atoms with Gasteiger partial charge in [-0.25, -0.2) is 0 Å². The maximum absolute atomic E-state index is 8.83. The molecule has 0 spiro atoms. The van der Waals surface area contributed by atoms with Gasteiger partial charge in [-0.3, -0.25) is 0 Å². The van der Waals surface area contributed by atoms with Crippen LogP contribution in [0.2, 0.25) is 5.02 Å². The van der Waals surface area contributed by atoms with Crippen LogP contribution >= 0.6 is 23.4 Å². The molecule has 2 nitrogen and oxygen atoms in total. The molecule has 2 aromatic rings. The Hall–Kier alpha value is -1.63. The molecule has 0 unspecified atom stereocenters. The van der Waals surface area contributed by atoms with Crippen molar-refractivity contribution in [2.75, 3.05) is 7.11 Å². The number of hydrogen-bond acceptors (Lipinski definition) is 3. The van der Waals surface area contributed by atoms with Crippen molar-refractivity contribution in [1.29, 1.82) is 5.26 Å². The molecule has 0 aliphatic heterocycles. The van der Waals surface area contributed by atoms with Crippen molar-refractivity contribution < 1.29 is 4.74 Å². The average Bonchev–Trinajstić information content (AvgIpc) is 2.42. The summed E-state index contributed by atoms with van der Waals surface area (Å²) in [5.41, 5.74) is 0.891. The Balaban J connectivity index is 2.38. The van der Waals surface area contributed by atoms with Crippen LogP contribution in [-0.4, -0.2) is 7.11 Å². The van der Waals surface area contributed by atoms with Crippen LogP contribution < -0.4 is 4.74 Å². The lowest BCUT2D eigenvalue weighted by Crippen LogP contribution is -1.93. The minimum atomic E-state index is 0.333. The fourth-order valence-corrected chi connectivity index (χ4v) is 3.00. The van der Waals surface area contributed by atoms with Gasteiger partial charge in [0.05, 0.1) is 29.5 Å². The van der Waals surface area contributed by atoms with Gasteiger partial charge >= 0.3 is 0 Å². The third-order valence-electron chi connectivity index (χ3n) is 2.59. The van der Waals surface area contributed by atoms with E-state index in [-0.39, 0.29) is 0 Å². The first kappa shape index (κ1) is 13.8. The molecule has 2 rings (SSSR count). The molecule has 0 aliphatic carbocycles. The molecule has 4 heteroatoms. The highest BCUT2D eigenvalue weighted by atomic mass is 35.5. The SMILES string of the molecule is COc1c(CC#N)cccc1Sc1ccccc1Cl. The molecular weight excluding hydrogens is 278 g/mol. The number of nitriles is 1. The normalized spacial score (nSPS) is 9.95. The Morgan fingerprint density at radius 2 is 1.89 bits per heavy atom. The molecule has 0 saturated carbocycles. The molecule has 2 aromatic carbocycles. The molecule has 19 heavy (non-hydrogen) atoms. The van der Waals surface area contributed by atoms with Crippen LogP contribution in [0.4, 0.5) is 0 Å². The Morgan fingerprint density at radius 3 is 2.58 bits per heavy atom. The van der Waals surface area contributed by atoms with Crippen molar-refractivity contribution in [2.24, 2.45) is 0 Å². The first-order chi connectivity index (χ1) is 9.26. The molecule has 0 bridgehead atoms. The first-order valence-electron chi connectivity index (χ1n) is 5.71. The molecule has 0 fully saturated rings. The zero-order valence-corrected chi connectivity index (χ0v) is 12.0. The second-order valence-corrected chi connectivity index (χ2v) is 5.31. The van der Waals surface area contributed by atoms with E-state index in [9.17, 15) is 0 Å². The maximum atomic E-state index is 8.83. The minimum Gasteiger partial charge on any atom is -0.495 e. The smallest absolute Gasteiger partial charge is 0.137 e. The second-order valence-electron chi connectivity index (χ2n) is 3.82. The number of benzene rings is 2. The van der Waals surface area contributed by atoms with Gasteiger partial charge in [0, 0.05) is 10.5 Å². The molecular formula is C15H12ClNOS. The van der Waals surface area contributed by atoms with Gasteiger partial charge in [0.2, 0.25) is 0 Å². The molecule has 0 aliphatic rings. The van der Waals surface area contributed by atoms with Gasteiger partial charge in [0.15, 0.2) is 0 Å². The second kappa shape index (κ2) is 6.51. The van der Waals surface area contributed by atoms with E-state index >= 15 is 0 Å². The topological polar surface area (TPSA) is 33.0 Å². The Morgan fingerprint density at radius 1 is 1.16 bits per heavy atom. The number of halogens is 1. The van der Waals surface area contributed by atoms with Crippen molar-refractivity contribution in [3.63, 3.8) is 0 Å². The van der Waals surface area contributed by atoms with Crippen LogP contribution in [0.5, 0.6) is 5.75 Å². The Kier molecular flexibility index (Phi) is 4.73. The monoisotopic (exact) mass is 289 g/mol. The molecule has 0 N–H and O–H groups in total. The predicted octanol–water partition coefficient (Wildman–Crippen LogP) is 4.57. The lowest BCUT2D eigenvalue weighted by Gasteiger charge is -2.12. The van der Waals surface area contributed by atoms with E-state index < -0.39 is 0 Å². The van der Waals surface area contributed by atoms with Crippen LogP contribution in [0.25, 0.3) is 0 Å². The standard InChI is InChI=1S/C15H12ClNOS/c1-18-15-11(9-10-17)5-4-8-14(15)19-13-7-3-2-6-12(13)16/h2-8H,9H2,1H3. The Bertz CT molecular complexity index is 622. The van der Waals surface area contributed by atoms with Crippen LogP contribution in [0, 0.1) is 11.3 Å². The fourth-order valence-electron chi connectivity index (χ4n) is 1.74. The molecule has 0 saturated heterocycles. The van der Waals surface area contributed by atoms with E-state index in [0.717, 1.165) is 21.1 Å². The van der Waals surface area contributed by atoms with E-state index in [0.29, 0.717) is 11.4 Å². The molecule has 96 valence electrons. The van der Waals surface area contributed by atoms with Crippen molar-refractivity contribution in [1.82, 2.24) is 0 Å². The van der Waals surface area contributed by atoms with Gasteiger partial charge in [0.1, 0.15) is 5.75 Å². The zero-order valence-electron chi connectivity index (χ0n) is 10.4. The quantitative estimate of drug-likeness (QED) is 0.827. The molecule has 0 radical (unpaired) electrons. The van der Waals surface area contributed by atoms with Gasteiger partial charge < -0.3 is 4.74 Å².